The first-order valence-electron chi connectivity index (χ1n) is 8.57. The summed E-state index contributed by atoms with van der Waals surface area (Å²) < 4.78 is 2.61. The zero-order valence-corrected chi connectivity index (χ0v) is 15.5. The largest absolute Gasteiger partial charge is 0.135 e. The molecule has 0 unspecified atom stereocenters. The molecule has 4 aromatic carbocycles. The van der Waals surface area contributed by atoms with E-state index in [1.54, 1.807) is 0 Å². The molecular weight excluding hydrogens is 356 g/mol. The maximum Gasteiger partial charge on any atom is 0.0490 e. The fourth-order valence-electron chi connectivity index (χ4n) is 3.54. The van der Waals surface area contributed by atoms with Gasteiger partial charge in [-0.1, -0.05) is 84.4 Å². The van der Waals surface area contributed by atoms with Gasteiger partial charge in [-0.15, -0.1) is 11.3 Å². The molecule has 2 heteroatoms. The number of hydrogen-bond acceptors (Lipinski definition) is 1. The van der Waals surface area contributed by atoms with Gasteiger partial charge < -0.3 is 0 Å². The second-order valence-corrected chi connectivity index (χ2v) is 7.83. The van der Waals surface area contributed by atoms with E-state index in [-0.39, 0.29) is 0 Å². The lowest BCUT2D eigenvalue weighted by molar-refractivity contribution is 1.61. The molecule has 0 saturated carbocycles. The van der Waals surface area contributed by atoms with Gasteiger partial charge in [0.25, 0.3) is 0 Å². The highest BCUT2D eigenvalue weighted by Gasteiger charge is 2.13. The zero-order valence-electron chi connectivity index (χ0n) is 13.9. The lowest BCUT2D eigenvalue weighted by atomic mass is 9.97. The molecule has 5 aromatic rings. The highest BCUT2D eigenvalue weighted by molar-refractivity contribution is 7.25. The Balaban J connectivity index is 1.73. The number of thiophene rings is 1. The summed E-state index contributed by atoms with van der Waals surface area (Å²) in [6.07, 6.45) is 0. The monoisotopic (exact) mass is 370 g/mol. The van der Waals surface area contributed by atoms with Crippen molar-refractivity contribution < 1.29 is 0 Å². The van der Waals surface area contributed by atoms with Gasteiger partial charge in [-0.05, 0) is 34.9 Å². The molecule has 0 aliphatic heterocycles. The first-order valence-corrected chi connectivity index (χ1v) is 9.76. The summed E-state index contributed by atoms with van der Waals surface area (Å²) in [6, 6.07) is 31.8. The lowest BCUT2D eigenvalue weighted by Crippen LogP contribution is -1.84. The van der Waals surface area contributed by atoms with Gasteiger partial charge in [0, 0.05) is 30.8 Å². The Morgan fingerprint density at radius 1 is 0.577 bits per heavy atom. The average Bonchev–Trinajstić information content (AvgIpc) is 3.07. The smallest absolute Gasteiger partial charge is 0.0490 e. The minimum absolute atomic E-state index is 0.786. The molecule has 1 aromatic heterocycles. The fraction of sp³-hybridized carbons (Fsp3) is 0. The molecule has 0 aliphatic carbocycles. The van der Waals surface area contributed by atoms with Crippen LogP contribution in [0, 0.1) is 0 Å². The second-order valence-electron chi connectivity index (χ2n) is 6.34. The predicted molar refractivity (Wildman–Crippen MR) is 115 cm³/mol. The first kappa shape index (κ1) is 15.6. The van der Waals surface area contributed by atoms with Crippen LogP contribution in [0.15, 0.2) is 91.0 Å². The van der Waals surface area contributed by atoms with Gasteiger partial charge in [0.15, 0.2) is 0 Å². The van der Waals surface area contributed by atoms with Crippen molar-refractivity contribution in [2.24, 2.45) is 0 Å². The summed E-state index contributed by atoms with van der Waals surface area (Å²) in [5, 5.41) is 3.38. The van der Waals surface area contributed by atoms with Crippen molar-refractivity contribution in [1.82, 2.24) is 0 Å². The van der Waals surface area contributed by atoms with Crippen LogP contribution in [0.4, 0.5) is 0 Å². The average molecular weight is 371 g/mol. The summed E-state index contributed by atoms with van der Waals surface area (Å²) in [7, 11) is 0. The van der Waals surface area contributed by atoms with E-state index < -0.39 is 0 Å². The van der Waals surface area contributed by atoms with Crippen molar-refractivity contribution in [1.29, 1.82) is 0 Å². The first-order chi connectivity index (χ1) is 12.8. The summed E-state index contributed by atoms with van der Waals surface area (Å²) in [5.41, 5.74) is 4.60. The number of halogens is 1. The molecule has 0 saturated heterocycles. The van der Waals surface area contributed by atoms with E-state index in [1.165, 1.54) is 31.3 Å². The Morgan fingerprint density at radius 3 is 2.19 bits per heavy atom. The number of hydrogen-bond donors (Lipinski definition) is 0. The second kappa shape index (κ2) is 6.28. The molecule has 0 fully saturated rings. The normalized spacial score (nSPS) is 11.3. The molecule has 0 aliphatic rings. The lowest BCUT2D eigenvalue weighted by Gasteiger charge is -2.10. The number of fused-ring (bicyclic) bond motifs is 3. The summed E-state index contributed by atoms with van der Waals surface area (Å²) >= 11 is 8.57. The maximum atomic E-state index is 6.74. The Hall–Kier alpha value is -2.61. The maximum absolute atomic E-state index is 6.74. The van der Waals surface area contributed by atoms with Crippen LogP contribution < -0.4 is 0 Å². The van der Waals surface area contributed by atoms with Crippen molar-refractivity contribution in [2.75, 3.05) is 0 Å². The molecular formula is C24H15ClS. The Morgan fingerprint density at radius 2 is 1.35 bits per heavy atom. The van der Waals surface area contributed by atoms with Gasteiger partial charge >= 0.3 is 0 Å². The van der Waals surface area contributed by atoms with E-state index in [4.69, 9.17) is 11.6 Å². The van der Waals surface area contributed by atoms with Crippen LogP contribution in [-0.2, 0) is 0 Å². The van der Waals surface area contributed by atoms with Gasteiger partial charge in [0.2, 0.25) is 0 Å². The minimum Gasteiger partial charge on any atom is -0.135 e. The number of rotatable bonds is 2. The van der Waals surface area contributed by atoms with Crippen LogP contribution in [0.2, 0.25) is 5.02 Å². The Kier molecular flexibility index (Phi) is 3.77. The molecule has 0 nitrogen and oxygen atoms in total. The SMILES string of the molecule is Clc1cc(-c2ccccc2)ccc1-c1cccc2sc3ccccc3c12. The van der Waals surface area contributed by atoms with Crippen LogP contribution in [0.3, 0.4) is 0 Å². The van der Waals surface area contributed by atoms with Gasteiger partial charge in [-0.25, -0.2) is 0 Å². The van der Waals surface area contributed by atoms with Crippen LogP contribution in [0.1, 0.15) is 0 Å². The quantitative estimate of drug-likeness (QED) is 0.295. The van der Waals surface area contributed by atoms with E-state index in [2.05, 4.69) is 84.9 Å². The van der Waals surface area contributed by atoms with Crippen molar-refractivity contribution in [3.63, 3.8) is 0 Å². The minimum atomic E-state index is 0.786. The number of benzene rings is 4. The molecule has 124 valence electrons. The summed E-state index contributed by atoms with van der Waals surface area (Å²) in [5.74, 6) is 0. The van der Waals surface area contributed by atoms with Gasteiger partial charge in [0.05, 0.1) is 0 Å². The molecule has 1 heterocycles. The molecule has 5 rings (SSSR count). The third kappa shape index (κ3) is 2.52. The molecule has 0 amide bonds. The van der Waals surface area contributed by atoms with Crippen LogP contribution in [0.25, 0.3) is 42.4 Å². The van der Waals surface area contributed by atoms with E-state index in [9.17, 15) is 0 Å². The van der Waals surface area contributed by atoms with Crippen molar-refractivity contribution in [3.8, 4) is 22.3 Å². The standard InChI is InChI=1S/C24H15ClS/c25-21-15-17(16-7-2-1-3-8-16)13-14-18(21)19-10-6-12-23-24(19)20-9-4-5-11-22(20)26-23/h1-15H. The van der Waals surface area contributed by atoms with Crippen LogP contribution in [0.5, 0.6) is 0 Å². The van der Waals surface area contributed by atoms with Crippen LogP contribution >= 0.6 is 22.9 Å². The fourth-order valence-corrected chi connectivity index (χ4v) is 4.96. The third-order valence-electron chi connectivity index (χ3n) is 4.77. The molecule has 0 atom stereocenters. The predicted octanol–water partition coefficient (Wildman–Crippen LogP) is 8.04. The highest BCUT2D eigenvalue weighted by atomic mass is 35.5. The van der Waals surface area contributed by atoms with Gasteiger partial charge in [-0.2, -0.15) is 0 Å². The van der Waals surface area contributed by atoms with E-state index in [0.717, 1.165) is 16.1 Å². The van der Waals surface area contributed by atoms with E-state index >= 15 is 0 Å². The van der Waals surface area contributed by atoms with Crippen molar-refractivity contribution >= 4 is 43.1 Å². The van der Waals surface area contributed by atoms with Crippen LogP contribution in [-0.4, -0.2) is 0 Å². The molecule has 26 heavy (non-hydrogen) atoms. The third-order valence-corrected chi connectivity index (χ3v) is 6.22. The summed E-state index contributed by atoms with van der Waals surface area (Å²) in [4.78, 5) is 0. The van der Waals surface area contributed by atoms with E-state index in [1.807, 2.05) is 17.4 Å². The zero-order chi connectivity index (χ0) is 17.5. The van der Waals surface area contributed by atoms with Gasteiger partial charge in [0.1, 0.15) is 0 Å². The van der Waals surface area contributed by atoms with Gasteiger partial charge in [-0.3, -0.25) is 0 Å². The molecule has 0 N–H and O–H groups in total. The topological polar surface area (TPSA) is 0 Å². The summed E-state index contributed by atoms with van der Waals surface area (Å²) in [6.45, 7) is 0. The van der Waals surface area contributed by atoms with E-state index in [0.29, 0.717) is 0 Å². The molecule has 0 spiro atoms. The molecule has 0 radical (unpaired) electrons. The highest BCUT2D eigenvalue weighted by Crippen LogP contribution is 2.42. The van der Waals surface area contributed by atoms with Crippen molar-refractivity contribution in [2.45, 2.75) is 0 Å². The van der Waals surface area contributed by atoms with Crippen molar-refractivity contribution in [3.05, 3.63) is 96.0 Å². The Bertz CT molecular complexity index is 1240. The Labute approximate surface area is 161 Å². The molecule has 0 bridgehead atoms.